The lowest BCUT2D eigenvalue weighted by Crippen LogP contribution is -2.46. The molecule has 2 N–H and O–H groups in total. The Kier molecular flexibility index (Phi) is 5.23. The lowest BCUT2D eigenvalue weighted by atomic mass is 10.2. The molecule has 0 bridgehead atoms. The van der Waals surface area contributed by atoms with Gasteiger partial charge in [0.2, 0.25) is 0 Å². The van der Waals surface area contributed by atoms with Crippen molar-refractivity contribution in [2.24, 2.45) is 0 Å². The van der Waals surface area contributed by atoms with Crippen molar-refractivity contribution in [2.45, 2.75) is 39.3 Å². The van der Waals surface area contributed by atoms with E-state index >= 15 is 0 Å². The minimum absolute atomic E-state index is 0.313. The molecule has 0 saturated heterocycles. The summed E-state index contributed by atoms with van der Waals surface area (Å²) in [6, 6.07) is -0.592. The Balaban J connectivity index is 4.63. The summed E-state index contributed by atoms with van der Waals surface area (Å²) in [5.41, 5.74) is -0.691. The lowest BCUT2D eigenvalue weighted by Gasteiger charge is -2.29. The number of rotatable bonds is 4. The summed E-state index contributed by atoms with van der Waals surface area (Å²) in [6.07, 6.45) is -0.739. The zero-order chi connectivity index (χ0) is 12.9. The molecule has 0 rings (SSSR count). The maximum atomic E-state index is 11.6. The van der Waals surface area contributed by atoms with Crippen LogP contribution in [-0.2, 0) is 9.53 Å². The minimum Gasteiger partial charge on any atom is -0.480 e. The van der Waals surface area contributed by atoms with E-state index in [1.54, 1.807) is 27.7 Å². The summed E-state index contributed by atoms with van der Waals surface area (Å²) >= 11 is 0. The second-order valence-corrected chi connectivity index (χ2v) is 4.53. The Morgan fingerprint density at radius 1 is 1.38 bits per heavy atom. The highest BCUT2D eigenvalue weighted by Gasteiger charge is 2.27. The number of carbonyl (C=O) groups is 2. The van der Waals surface area contributed by atoms with E-state index < -0.39 is 30.3 Å². The fourth-order valence-corrected chi connectivity index (χ4v) is 0.965. The molecule has 0 spiro atoms. The first-order valence-electron chi connectivity index (χ1n) is 4.99. The third-order valence-corrected chi connectivity index (χ3v) is 1.73. The van der Waals surface area contributed by atoms with Gasteiger partial charge in [0.25, 0.3) is 0 Å². The molecule has 0 radical (unpaired) electrons. The Morgan fingerprint density at radius 2 is 1.88 bits per heavy atom. The molecule has 1 atom stereocenters. The number of nitrogens with zero attached hydrogens (tertiary/aromatic N) is 1. The molecule has 16 heavy (non-hydrogen) atoms. The third-order valence-electron chi connectivity index (χ3n) is 1.73. The number of carbonyl (C=O) groups excluding carboxylic acids is 1. The van der Waals surface area contributed by atoms with E-state index in [2.05, 4.69) is 0 Å². The highest BCUT2D eigenvalue weighted by molar-refractivity contribution is 5.77. The molecule has 1 amide bonds. The highest BCUT2D eigenvalue weighted by Crippen LogP contribution is 2.11. The monoisotopic (exact) mass is 233 g/mol. The van der Waals surface area contributed by atoms with E-state index in [1.165, 1.54) is 0 Å². The molecule has 0 heterocycles. The molecule has 0 unspecified atom stereocenters. The Morgan fingerprint density at radius 3 is 2.19 bits per heavy atom. The first kappa shape index (κ1) is 14.7. The van der Waals surface area contributed by atoms with Gasteiger partial charge >= 0.3 is 12.1 Å². The van der Waals surface area contributed by atoms with Gasteiger partial charge in [0.15, 0.2) is 0 Å². The molecule has 6 nitrogen and oxygen atoms in total. The first-order chi connectivity index (χ1) is 7.17. The van der Waals surface area contributed by atoms with Gasteiger partial charge < -0.3 is 14.9 Å². The SMILES string of the molecule is C[C@@H](CO)N(CC(=O)O)C(=O)OC(C)(C)C. The fraction of sp³-hybridized carbons (Fsp3) is 0.800. The topological polar surface area (TPSA) is 87.1 Å². The van der Waals surface area contributed by atoms with Crippen LogP contribution in [0, 0.1) is 0 Å². The van der Waals surface area contributed by atoms with Crippen LogP contribution in [0.25, 0.3) is 0 Å². The van der Waals surface area contributed by atoms with E-state index in [0.29, 0.717) is 0 Å². The number of hydrogen-bond acceptors (Lipinski definition) is 4. The number of carboxylic acid groups (broad SMARTS) is 1. The van der Waals surface area contributed by atoms with Gasteiger partial charge in [0.05, 0.1) is 12.6 Å². The van der Waals surface area contributed by atoms with Crippen LogP contribution in [-0.4, -0.2) is 52.0 Å². The van der Waals surface area contributed by atoms with E-state index in [4.69, 9.17) is 14.9 Å². The van der Waals surface area contributed by atoms with Gasteiger partial charge in [-0.3, -0.25) is 9.69 Å². The van der Waals surface area contributed by atoms with Gasteiger partial charge in [-0.05, 0) is 27.7 Å². The molecule has 0 aromatic rings. The van der Waals surface area contributed by atoms with Crippen molar-refractivity contribution in [1.29, 1.82) is 0 Å². The summed E-state index contributed by atoms with van der Waals surface area (Å²) in [7, 11) is 0. The van der Waals surface area contributed by atoms with Crippen LogP contribution in [0.2, 0.25) is 0 Å². The standard InChI is InChI=1S/C10H19NO5/c1-7(6-12)11(5-8(13)14)9(15)16-10(2,3)4/h7,12H,5-6H2,1-4H3,(H,13,14)/t7-/m0/s1. The van der Waals surface area contributed by atoms with E-state index in [-0.39, 0.29) is 6.61 Å². The number of aliphatic carboxylic acids is 1. The average molecular weight is 233 g/mol. The second-order valence-electron chi connectivity index (χ2n) is 4.53. The van der Waals surface area contributed by atoms with Crippen molar-refractivity contribution in [3.8, 4) is 0 Å². The normalized spacial score (nSPS) is 13.1. The molecule has 0 aliphatic heterocycles. The summed E-state index contributed by atoms with van der Waals surface area (Å²) in [4.78, 5) is 23.2. The van der Waals surface area contributed by atoms with Crippen LogP contribution in [0.15, 0.2) is 0 Å². The maximum absolute atomic E-state index is 11.6. The summed E-state index contributed by atoms with van der Waals surface area (Å²) < 4.78 is 5.04. The molecule has 0 fully saturated rings. The number of amides is 1. The third kappa shape index (κ3) is 5.55. The van der Waals surface area contributed by atoms with E-state index in [1.807, 2.05) is 0 Å². The largest absolute Gasteiger partial charge is 0.480 e. The molecular weight excluding hydrogens is 214 g/mol. The number of aliphatic hydroxyl groups excluding tert-OH is 1. The molecule has 0 saturated carbocycles. The minimum atomic E-state index is -1.15. The van der Waals surface area contributed by atoms with Crippen molar-refractivity contribution < 1.29 is 24.5 Å². The van der Waals surface area contributed by atoms with Gasteiger partial charge in [0.1, 0.15) is 12.1 Å². The molecule has 0 aromatic heterocycles. The zero-order valence-electron chi connectivity index (χ0n) is 10.1. The fourth-order valence-electron chi connectivity index (χ4n) is 0.965. The maximum Gasteiger partial charge on any atom is 0.411 e. The van der Waals surface area contributed by atoms with Crippen LogP contribution in [0.4, 0.5) is 4.79 Å². The van der Waals surface area contributed by atoms with Crippen LogP contribution in [0.1, 0.15) is 27.7 Å². The number of hydrogen-bond donors (Lipinski definition) is 2. The van der Waals surface area contributed by atoms with Crippen molar-refractivity contribution >= 4 is 12.1 Å². The molecule has 6 heteroatoms. The van der Waals surface area contributed by atoms with Gasteiger partial charge in [-0.25, -0.2) is 4.79 Å². The first-order valence-corrected chi connectivity index (χ1v) is 4.99. The summed E-state index contributed by atoms with van der Waals surface area (Å²) in [5.74, 6) is -1.15. The number of aliphatic hydroxyl groups is 1. The Bertz CT molecular complexity index is 258. The predicted molar refractivity (Wildman–Crippen MR) is 57.1 cm³/mol. The number of ether oxygens (including phenoxy) is 1. The lowest BCUT2D eigenvalue weighted by molar-refractivity contribution is -0.139. The smallest absolute Gasteiger partial charge is 0.411 e. The summed E-state index contributed by atoms with van der Waals surface area (Å²) in [6.45, 7) is 5.81. The van der Waals surface area contributed by atoms with Crippen molar-refractivity contribution in [2.75, 3.05) is 13.2 Å². The Hall–Kier alpha value is -1.30. The predicted octanol–water partition coefficient (Wildman–Crippen LogP) is 0.689. The quantitative estimate of drug-likeness (QED) is 0.746. The van der Waals surface area contributed by atoms with Crippen LogP contribution in [0.3, 0.4) is 0 Å². The van der Waals surface area contributed by atoms with Crippen molar-refractivity contribution in [3.05, 3.63) is 0 Å². The highest BCUT2D eigenvalue weighted by atomic mass is 16.6. The average Bonchev–Trinajstić information content (AvgIpc) is 2.09. The van der Waals surface area contributed by atoms with Crippen LogP contribution < -0.4 is 0 Å². The van der Waals surface area contributed by atoms with Crippen LogP contribution >= 0.6 is 0 Å². The zero-order valence-corrected chi connectivity index (χ0v) is 10.1. The second kappa shape index (κ2) is 5.69. The molecule has 94 valence electrons. The number of carboxylic acids is 1. The molecule has 0 aliphatic carbocycles. The van der Waals surface area contributed by atoms with Crippen molar-refractivity contribution in [3.63, 3.8) is 0 Å². The molecule has 0 aliphatic rings. The Labute approximate surface area is 94.8 Å². The molecular formula is C10H19NO5. The van der Waals surface area contributed by atoms with Gasteiger partial charge in [0, 0.05) is 0 Å². The van der Waals surface area contributed by atoms with Gasteiger partial charge in [-0.15, -0.1) is 0 Å². The van der Waals surface area contributed by atoms with E-state index in [9.17, 15) is 9.59 Å². The van der Waals surface area contributed by atoms with Crippen molar-refractivity contribution in [1.82, 2.24) is 4.90 Å². The van der Waals surface area contributed by atoms with E-state index in [0.717, 1.165) is 4.90 Å². The summed E-state index contributed by atoms with van der Waals surface area (Å²) in [5, 5.41) is 17.6. The van der Waals surface area contributed by atoms with Gasteiger partial charge in [-0.2, -0.15) is 0 Å². The molecule has 0 aromatic carbocycles. The van der Waals surface area contributed by atoms with Gasteiger partial charge in [-0.1, -0.05) is 0 Å². The van der Waals surface area contributed by atoms with Crippen LogP contribution in [0.5, 0.6) is 0 Å².